The van der Waals surface area contributed by atoms with Crippen LogP contribution in [0.3, 0.4) is 0 Å². The molecule has 2 aromatic carbocycles. The van der Waals surface area contributed by atoms with E-state index < -0.39 is 11.7 Å². The second-order valence-corrected chi connectivity index (χ2v) is 9.57. The number of anilines is 2. The highest BCUT2D eigenvalue weighted by Crippen LogP contribution is 2.32. The van der Waals surface area contributed by atoms with E-state index in [0.29, 0.717) is 43.3 Å². The summed E-state index contributed by atoms with van der Waals surface area (Å²) >= 11 is 0. The number of nitrogens with zero attached hydrogens (tertiary/aromatic N) is 4. The van der Waals surface area contributed by atoms with Gasteiger partial charge in [-0.1, -0.05) is 31.2 Å². The maximum atomic E-state index is 13.5. The van der Waals surface area contributed by atoms with E-state index in [1.807, 2.05) is 40.1 Å². The number of piperazine rings is 1. The van der Waals surface area contributed by atoms with Gasteiger partial charge in [-0.25, -0.2) is 4.98 Å². The number of carbonyl (C=O) groups excluding carboxylic acids is 1. The molecule has 3 aromatic rings. The minimum atomic E-state index is -4.36. The van der Waals surface area contributed by atoms with Crippen molar-refractivity contribution in [3.05, 3.63) is 65.7 Å². The predicted molar refractivity (Wildman–Crippen MR) is 132 cm³/mol. The topological polar surface area (TPSA) is 39.7 Å². The number of halogens is 3. The Hall–Kier alpha value is -3.29. The average molecular weight is 483 g/mol. The predicted octanol–water partition coefficient (Wildman–Crippen LogP) is 5.45. The number of carbonyl (C=O) groups is 1. The zero-order chi connectivity index (χ0) is 24.6. The molecule has 0 aliphatic carbocycles. The third-order valence-electron chi connectivity index (χ3n) is 7.02. The lowest BCUT2D eigenvalue weighted by Gasteiger charge is -2.37. The number of para-hydroxylation sites is 1. The number of likely N-dealkylation sites (tertiary alicyclic amines) is 1. The summed E-state index contributed by atoms with van der Waals surface area (Å²) in [5.74, 6) is 1.27. The van der Waals surface area contributed by atoms with E-state index >= 15 is 0 Å². The lowest BCUT2D eigenvalue weighted by atomic mass is 9.98. The van der Waals surface area contributed by atoms with Crippen molar-refractivity contribution in [2.75, 3.05) is 49.1 Å². The van der Waals surface area contributed by atoms with Crippen molar-refractivity contribution >= 4 is 28.3 Å². The number of benzene rings is 2. The smallest absolute Gasteiger partial charge is 0.368 e. The molecule has 0 bridgehead atoms. The molecule has 2 aliphatic rings. The Labute approximate surface area is 203 Å². The lowest BCUT2D eigenvalue weighted by Crippen LogP contribution is -2.47. The lowest BCUT2D eigenvalue weighted by molar-refractivity contribution is -0.137. The Morgan fingerprint density at radius 3 is 2.43 bits per heavy atom. The van der Waals surface area contributed by atoms with Crippen molar-refractivity contribution in [1.29, 1.82) is 0 Å². The number of rotatable bonds is 3. The van der Waals surface area contributed by atoms with Gasteiger partial charge in [-0.2, -0.15) is 13.2 Å². The van der Waals surface area contributed by atoms with Crippen LogP contribution in [0.5, 0.6) is 0 Å². The molecule has 3 heterocycles. The fourth-order valence-corrected chi connectivity index (χ4v) is 5.12. The van der Waals surface area contributed by atoms with Gasteiger partial charge in [-0.05, 0) is 49.1 Å². The Balaban J connectivity index is 1.38. The van der Waals surface area contributed by atoms with Crippen LogP contribution < -0.4 is 9.80 Å². The summed E-state index contributed by atoms with van der Waals surface area (Å²) in [6, 6.07) is 15.1. The van der Waals surface area contributed by atoms with Crippen LogP contribution in [0.1, 0.15) is 35.7 Å². The highest BCUT2D eigenvalue weighted by Gasteiger charge is 2.31. The third-order valence-corrected chi connectivity index (χ3v) is 7.02. The second-order valence-electron chi connectivity index (χ2n) is 9.57. The number of aromatic nitrogens is 1. The molecule has 0 radical (unpaired) electrons. The van der Waals surface area contributed by atoms with Crippen molar-refractivity contribution in [2.24, 2.45) is 5.92 Å². The fraction of sp³-hybridized carbons (Fsp3) is 0.407. The highest BCUT2D eigenvalue weighted by molar-refractivity contribution is 6.07. The first-order valence-electron chi connectivity index (χ1n) is 12.2. The quantitative estimate of drug-likeness (QED) is 0.498. The summed E-state index contributed by atoms with van der Waals surface area (Å²) in [4.78, 5) is 24.4. The van der Waals surface area contributed by atoms with Crippen molar-refractivity contribution in [3.63, 3.8) is 0 Å². The molecule has 1 atom stereocenters. The number of piperidine rings is 1. The van der Waals surface area contributed by atoms with Crippen LogP contribution in [0.2, 0.25) is 0 Å². The van der Waals surface area contributed by atoms with E-state index in [1.165, 1.54) is 12.1 Å². The third kappa shape index (κ3) is 4.92. The molecule has 8 heteroatoms. The number of hydrogen-bond donors (Lipinski definition) is 0. The molecule has 0 N–H and O–H groups in total. The van der Waals surface area contributed by atoms with Gasteiger partial charge < -0.3 is 14.7 Å². The molecule has 2 aliphatic heterocycles. The first-order valence-corrected chi connectivity index (χ1v) is 12.2. The number of alkyl halides is 3. The standard InChI is InChI=1S/C27H29F3N4O/c1-19-6-5-11-34(18-19)26(35)23-17-25(31-24-10-3-2-9-22(23)24)33-14-12-32(13-15-33)21-8-4-7-20(16-21)27(28,29)30/h2-4,7-10,16-17,19H,5-6,11-15,18H2,1H3. The molecule has 5 rings (SSSR count). The van der Waals surface area contributed by atoms with Crippen molar-refractivity contribution in [3.8, 4) is 0 Å². The first-order chi connectivity index (χ1) is 16.8. The van der Waals surface area contributed by atoms with Gasteiger partial charge in [-0.15, -0.1) is 0 Å². The molecule has 1 amide bonds. The van der Waals surface area contributed by atoms with Crippen LogP contribution in [0, 0.1) is 5.92 Å². The summed E-state index contributed by atoms with van der Waals surface area (Å²) in [6.07, 6.45) is -2.20. The summed E-state index contributed by atoms with van der Waals surface area (Å²) in [6.45, 7) is 6.07. The van der Waals surface area contributed by atoms with E-state index in [1.54, 1.807) is 6.07 Å². The number of fused-ring (bicyclic) bond motifs is 1. The largest absolute Gasteiger partial charge is 0.416 e. The SMILES string of the molecule is CC1CCCN(C(=O)c2cc(N3CCN(c4cccc(C(F)(F)F)c4)CC3)nc3ccccc23)C1. The van der Waals surface area contributed by atoms with Crippen LogP contribution in [-0.2, 0) is 6.18 Å². The van der Waals surface area contributed by atoms with E-state index in [-0.39, 0.29) is 5.91 Å². The van der Waals surface area contributed by atoms with Crippen LogP contribution in [0.15, 0.2) is 54.6 Å². The van der Waals surface area contributed by atoms with E-state index in [0.717, 1.165) is 48.7 Å². The molecular weight excluding hydrogens is 453 g/mol. The average Bonchev–Trinajstić information content (AvgIpc) is 2.87. The molecule has 35 heavy (non-hydrogen) atoms. The summed E-state index contributed by atoms with van der Waals surface area (Å²) in [5, 5.41) is 0.849. The zero-order valence-electron chi connectivity index (χ0n) is 19.8. The van der Waals surface area contributed by atoms with Crippen LogP contribution in [-0.4, -0.2) is 55.1 Å². The van der Waals surface area contributed by atoms with Gasteiger partial charge in [-0.3, -0.25) is 4.79 Å². The molecule has 2 saturated heterocycles. The molecule has 1 aromatic heterocycles. The summed E-state index contributed by atoms with van der Waals surface area (Å²) in [5.41, 5.74) is 1.38. The van der Waals surface area contributed by atoms with Gasteiger partial charge in [0.1, 0.15) is 5.82 Å². The monoisotopic (exact) mass is 482 g/mol. The van der Waals surface area contributed by atoms with Gasteiger partial charge in [0, 0.05) is 50.3 Å². The first kappa shape index (κ1) is 23.5. The zero-order valence-corrected chi connectivity index (χ0v) is 19.8. The van der Waals surface area contributed by atoms with Gasteiger partial charge >= 0.3 is 6.18 Å². The van der Waals surface area contributed by atoms with Crippen molar-refractivity contribution < 1.29 is 18.0 Å². The molecule has 184 valence electrons. The van der Waals surface area contributed by atoms with Crippen molar-refractivity contribution in [1.82, 2.24) is 9.88 Å². The minimum absolute atomic E-state index is 0.0407. The number of amides is 1. The van der Waals surface area contributed by atoms with Crippen LogP contribution in [0.25, 0.3) is 10.9 Å². The molecule has 2 fully saturated rings. The molecule has 0 saturated carbocycles. The molecule has 5 nitrogen and oxygen atoms in total. The van der Waals surface area contributed by atoms with Crippen LogP contribution in [0.4, 0.5) is 24.7 Å². The number of hydrogen-bond acceptors (Lipinski definition) is 4. The van der Waals surface area contributed by atoms with Crippen molar-refractivity contribution in [2.45, 2.75) is 25.9 Å². The normalized spacial score (nSPS) is 19.3. The minimum Gasteiger partial charge on any atom is -0.368 e. The number of pyridine rings is 1. The fourth-order valence-electron chi connectivity index (χ4n) is 5.12. The van der Waals surface area contributed by atoms with Gasteiger partial charge in [0.05, 0.1) is 16.6 Å². The Morgan fingerprint density at radius 2 is 1.69 bits per heavy atom. The van der Waals surface area contributed by atoms with Gasteiger partial charge in [0.2, 0.25) is 0 Å². The highest BCUT2D eigenvalue weighted by atomic mass is 19.4. The molecule has 0 spiro atoms. The maximum Gasteiger partial charge on any atom is 0.416 e. The Kier molecular flexibility index (Phi) is 6.30. The Bertz CT molecular complexity index is 1220. The van der Waals surface area contributed by atoms with Gasteiger partial charge in [0.15, 0.2) is 0 Å². The summed E-state index contributed by atoms with van der Waals surface area (Å²) < 4.78 is 39.4. The van der Waals surface area contributed by atoms with E-state index in [2.05, 4.69) is 11.8 Å². The van der Waals surface area contributed by atoms with Gasteiger partial charge in [0.25, 0.3) is 5.91 Å². The second kappa shape index (κ2) is 9.40. The van der Waals surface area contributed by atoms with Crippen LogP contribution >= 0.6 is 0 Å². The van der Waals surface area contributed by atoms with E-state index in [4.69, 9.17) is 4.98 Å². The maximum absolute atomic E-state index is 13.5. The van der Waals surface area contributed by atoms with E-state index in [9.17, 15) is 18.0 Å². The molecule has 1 unspecified atom stereocenters. The summed E-state index contributed by atoms with van der Waals surface area (Å²) in [7, 11) is 0. The Morgan fingerprint density at radius 1 is 0.943 bits per heavy atom. The molecular formula is C27H29F3N4O.